The van der Waals surface area contributed by atoms with Gasteiger partial charge in [-0.3, -0.25) is 4.79 Å². The SMILES string of the molecule is COc1ccc(Cl)cc1NC(=O)CCc1nnc(-c2ccc(Cl)cc2)o1. The van der Waals surface area contributed by atoms with Crippen LogP contribution >= 0.6 is 23.2 Å². The van der Waals surface area contributed by atoms with Gasteiger partial charge in [-0.1, -0.05) is 23.2 Å². The molecule has 1 heterocycles. The van der Waals surface area contributed by atoms with Gasteiger partial charge in [-0.25, -0.2) is 0 Å². The van der Waals surface area contributed by atoms with Gasteiger partial charge in [0.15, 0.2) is 0 Å². The van der Waals surface area contributed by atoms with Crippen LogP contribution in [0.25, 0.3) is 11.5 Å². The second-order valence-electron chi connectivity index (χ2n) is 5.40. The summed E-state index contributed by atoms with van der Waals surface area (Å²) in [6, 6.07) is 12.1. The molecule has 0 unspecified atom stereocenters. The molecule has 0 aliphatic heterocycles. The Balaban J connectivity index is 1.60. The van der Waals surface area contributed by atoms with Crippen molar-refractivity contribution in [1.82, 2.24) is 10.2 Å². The molecule has 1 N–H and O–H groups in total. The molecule has 3 aromatic rings. The van der Waals surface area contributed by atoms with E-state index in [0.717, 1.165) is 5.56 Å². The van der Waals surface area contributed by atoms with E-state index < -0.39 is 0 Å². The average molecular weight is 392 g/mol. The van der Waals surface area contributed by atoms with E-state index in [1.165, 1.54) is 7.11 Å². The minimum absolute atomic E-state index is 0.178. The number of rotatable bonds is 6. The number of carbonyl (C=O) groups excluding carboxylic acids is 1. The zero-order chi connectivity index (χ0) is 18.5. The molecule has 3 rings (SSSR count). The number of anilines is 1. The zero-order valence-electron chi connectivity index (χ0n) is 13.8. The van der Waals surface area contributed by atoms with Gasteiger partial charge in [-0.2, -0.15) is 0 Å². The van der Waals surface area contributed by atoms with Crippen LogP contribution in [-0.4, -0.2) is 23.2 Å². The summed E-state index contributed by atoms with van der Waals surface area (Å²) >= 11 is 11.8. The number of nitrogens with zero attached hydrogens (tertiary/aromatic N) is 2. The molecular formula is C18H15Cl2N3O3. The number of aryl methyl sites for hydroxylation is 1. The van der Waals surface area contributed by atoms with Crippen molar-refractivity contribution in [1.29, 1.82) is 0 Å². The first-order valence-electron chi connectivity index (χ1n) is 7.77. The standard InChI is InChI=1S/C18H15Cl2N3O3/c1-25-15-7-6-13(20)10-14(15)21-16(24)8-9-17-22-23-18(26-17)11-2-4-12(19)5-3-11/h2-7,10H,8-9H2,1H3,(H,21,24). The molecule has 134 valence electrons. The second-order valence-corrected chi connectivity index (χ2v) is 6.27. The number of benzene rings is 2. The van der Waals surface area contributed by atoms with Crippen LogP contribution in [0.2, 0.25) is 10.0 Å². The fourth-order valence-electron chi connectivity index (χ4n) is 2.27. The van der Waals surface area contributed by atoms with E-state index in [1.54, 1.807) is 42.5 Å². The molecule has 0 aliphatic carbocycles. The van der Waals surface area contributed by atoms with Crippen molar-refractivity contribution < 1.29 is 13.9 Å². The van der Waals surface area contributed by atoms with Crippen molar-refractivity contribution in [2.45, 2.75) is 12.8 Å². The van der Waals surface area contributed by atoms with Gasteiger partial charge in [-0.05, 0) is 42.5 Å². The Morgan fingerprint density at radius 3 is 2.58 bits per heavy atom. The molecule has 0 bridgehead atoms. The molecular weight excluding hydrogens is 377 g/mol. The third-order valence-electron chi connectivity index (χ3n) is 3.56. The minimum atomic E-state index is -0.211. The highest BCUT2D eigenvalue weighted by Crippen LogP contribution is 2.28. The third-order valence-corrected chi connectivity index (χ3v) is 4.05. The Hall–Kier alpha value is -2.57. The van der Waals surface area contributed by atoms with Gasteiger partial charge >= 0.3 is 0 Å². The smallest absolute Gasteiger partial charge is 0.247 e. The van der Waals surface area contributed by atoms with E-state index in [9.17, 15) is 4.79 Å². The Kier molecular flexibility index (Phi) is 5.75. The molecule has 0 saturated carbocycles. The van der Waals surface area contributed by atoms with Crippen molar-refractivity contribution in [2.75, 3.05) is 12.4 Å². The number of methoxy groups -OCH3 is 1. The highest BCUT2D eigenvalue weighted by Gasteiger charge is 2.12. The van der Waals surface area contributed by atoms with E-state index in [4.69, 9.17) is 32.4 Å². The lowest BCUT2D eigenvalue weighted by molar-refractivity contribution is -0.116. The lowest BCUT2D eigenvalue weighted by Gasteiger charge is -2.10. The largest absolute Gasteiger partial charge is 0.495 e. The Bertz CT molecular complexity index is 910. The fraction of sp³-hybridized carbons (Fsp3) is 0.167. The topological polar surface area (TPSA) is 77.2 Å². The van der Waals surface area contributed by atoms with E-state index in [1.807, 2.05) is 0 Å². The molecule has 0 saturated heterocycles. The first kappa shape index (κ1) is 18.2. The van der Waals surface area contributed by atoms with Crippen LogP contribution < -0.4 is 10.1 Å². The van der Waals surface area contributed by atoms with Gasteiger partial charge < -0.3 is 14.5 Å². The van der Waals surface area contributed by atoms with E-state index >= 15 is 0 Å². The summed E-state index contributed by atoms with van der Waals surface area (Å²) in [4.78, 5) is 12.2. The predicted octanol–water partition coefficient (Wildman–Crippen LogP) is 4.62. The Morgan fingerprint density at radius 2 is 1.85 bits per heavy atom. The van der Waals surface area contributed by atoms with Gasteiger partial charge in [0, 0.05) is 28.5 Å². The summed E-state index contributed by atoms with van der Waals surface area (Å²) in [5.74, 6) is 1.08. The van der Waals surface area contributed by atoms with Crippen LogP contribution in [0.1, 0.15) is 12.3 Å². The van der Waals surface area contributed by atoms with Gasteiger partial charge in [0.05, 0.1) is 12.8 Å². The average Bonchev–Trinajstić information content (AvgIpc) is 3.10. The quantitative estimate of drug-likeness (QED) is 0.662. The molecule has 0 radical (unpaired) electrons. The number of amides is 1. The second kappa shape index (κ2) is 8.21. The number of halogens is 2. The zero-order valence-corrected chi connectivity index (χ0v) is 15.3. The monoisotopic (exact) mass is 391 g/mol. The molecule has 1 amide bonds. The van der Waals surface area contributed by atoms with Gasteiger partial charge in [0.1, 0.15) is 5.75 Å². The first-order chi connectivity index (χ1) is 12.5. The highest BCUT2D eigenvalue weighted by atomic mass is 35.5. The van der Waals surface area contributed by atoms with Crippen molar-refractivity contribution in [3.05, 3.63) is 58.4 Å². The summed E-state index contributed by atoms with van der Waals surface area (Å²) in [5, 5.41) is 11.9. The molecule has 6 nitrogen and oxygen atoms in total. The van der Waals surface area contributed by atoms with Gasteiger partial charge in [0.2, 0.25) is 17.7 Å². The normalized spacial score (nSPS) is 10.6. The molecule has 0 spiro atoms. The highest BCUT2D eigenvalue weighted by molar-refractivity contribution is 6.31. The van der Waals surface area contributed by atoms with Crippen LogP contribution in [0.4, 0.5) is 5.69 Å². The van der Waals surface area contributed by atoms with Crippen molar-refractivity contribution in [3.8, 4) is 17.2 Å². The first-order valence-corrected chi connectivity index (χ1v) is 8.52. The maximum atomic E-state index is 12.2. The summed E-state index contributed by atoms with van der Waals surface area (Å²) in [6.07, 6.45) is 0.493. The van der Waals surface area contributed by atoms with E-state index in [-0.39, 0.29) is 12.3 Å². The minimum Gasteiger partial charge on any atom is -0.495 e. The number of aromatic nitrogens is 2. The maximum absolute atomic E-state index is 12.2. The van der Waals surface area contributed by atoms with Crippen molar-refractivity contribution in [2.24, 2.45) is 0 Å². The third kappa shape index (κ3) is 4.53. The molecule has 0 atom stereocenters. The van der Waals surface area contributed by atoms with Crippen LogP contribution in [0.3, 0.4) is 0 Å². The molecule has 2 aromatic carbocycles. The predicted molar refractivity (Wildman–Crippen MR) is 99.7 cm³/mol. The molecule has 1 aromatic heterocycles. The fourth-order valence-corrected chi connectivity index (χ4v) is 2.57. The van der Waals surface area contributed by atoms with Gasteiger partial charge in [0.25, 0.3) is 0 Å². The van der Waals surface area contributed by atoms with Crippen molar-refractivity contribution >= 4 is 34.8 Å². The molecule has 26 heavy (non-hydrogen) atoms. The number of hydrogen-bond acceptors (Lipinski definition) is 5. The summed E-state index contributed by atoms with van der Waals surface area (Å²) < 4.78 is 10.8. The van der Waals surface area contributed by atoms with Crippen LogP contribution in [-0.2, 0) is 11.2 Å². The van der Waals surface area contributed by atoms with Crippen molar-refractivity contribution in [3.63, 3.8) is 0 Å². The van der Waals surface area contributed by atoms with E-state index in [0.29, 0.717) is 39.7 Å². The lowest BCUT2D eigenvalue weighted by Crippen LogP contribution is -2.13. The Labute approximate surface area is 160 Å². The number of carbonyl (C=O) groups is 1. The number of nitrogens with one attached hydrogen (secondary N) is 1. The van der Waals surface area contributed by atoms with Crippen LogP contribution in [0.5, 0.6) is 5.75 Å². The maximum Gasteiger partial charge on any atom is 0.247 e. The van der Waals surface area contributed by atoms with Crippen LogP contribution in [0, 0.1) is 0 Å². The lowest BCUT2D eigenvalue weighted by atomic mass is 10.2. The number of hydrogen-bond donors (Lipinski definition) is 1. The summed E-state index contributed by atoms with van der Waals surface area (Å²) in [7, 11) is 1.52. The molecule has 0 aliphatic rings. The number of ether oxygens (including phenoxy) is 1. The van der Waals surface area contributed by atoms with E-state index in [2.05, 4.69) is 15.5 Å². The summed E-state index contributed by atoms with van der Waals surface area (Å²) in [6.45, 7) is 0. The van der Waals surface area contributed by atoms with Gasteiger partial charge in [-0.15, -0.1) is 10.2 Å². The summed E-state index contributed by atoms with van der Waals surface area (Å²) in [5.41, 5.74) is 1.28. The Morgan fingerprint density at radius 1 is 1.12 bits per heavy atom. The van der Waals surface area contributed by atoms with Crippen LogP contribution in [0.15, 0.2) is 46.9 Å². The molecule has 8 heteroatoms. The molecule has 0 fully saturated rings.